The van der Waals surface area contributed by atoms with Crippen LogP contribution in [0, 0.1) is 5.82 Å². The first kappa shape index (κ1) is 7.07. The van der Waals surface area contributed by atoms with E-state index in [2.05, 4.69) is 0 Å². The van der Waals surface area contributed by atoms with Crippen LogP contribution in [0.25, 0.3) is 0 Å². The van der Waals surface area contributed by atoms with Crippen LogP contribution in [0.4, 0.5) is 4.39 Å². The lowest BCUT2D eigenvalue weighted by molar-refractivity contribution is 0.415. The van der Waals surface area contributed by atoms with Gasteiger partial charge in [-0.05, 0) is 23.8 Å². The number of hydrogen-bond donors (Lipinski definition) is 0. The van der Waals surface area contributed by atoms with E-state index in [0.29, 0.717) is 11.6 Å². The minimum absolute atomic E-state index is 0.0724. The zero-order valence-electron chi connectivity index (χ0n) is 5.68. The molecule has 1 heterocycles. The molecule has 1 aliphatic rings. The predicted octanol–water partition coefficient (Wildman–Crippen LogP) is 2.55. The van der Waals surface area contributed by atoms with Gasteiger partial charge in [-0.2, -0.15) is 0 Å². The van der Waals surface area contributed by atoms with Crippen molar-refractivity contribution in [1.29, 1.82) is 0 Å². The van der Waals surface area contributed by atoms with E-state index in [-0.39, 0.29) is 11.9 Å². The van der Waals surface area contributed by atoms with Gasteiger partial charge in [0.2, 0.25) is 0 Å². The van der Waals surface area contributed by atoms with Crippen molar-refractivity contribution < 1.29 is 9.13 Å². The molecule has 0 bridgehead atoms. The first-order valence-corrected chi connectivity index (χ1v) is 3.71. The Morgan fingerprint density at radius 3 is 2.73 bits per heavy atom. The summed E-state index contributed by atoms with van der Waals surface area (Å²) in [4.78, 5) is 0. The molecular formula is C8H6ClFO. The van der Waals surface area contributed by atoms with E-state index in [4.69, 9.17) is 16.3 Å². The Kier molecular flexibility index (Phi) is 1.59. The minimum Gasteiger partial charge on any atom is -0.368 e. The summed E-state index contributed by atoms with van der Waals surface area (Å²) in [5.74, 6) is -0.303. The highest BCUT2D eigenvalue weighted by Gasteiger charge is 2.25. The number of hydrogen-bond acceptors (Lipinski definition) is 1. The molecule has 1 aromatic carbocycles. The fraction of sp³-hybridized carbons (Fsp3) is 0.250. The fourth-order valence-electron chi connectivity index (χ4n) is 1.00. The van der Waals surface area contributed by atoms with E-state index >= 15 is 0 Å². The summed E-state index contributed by atoms with van der Waals surface area (Å²) in [6.45, 7) is 0.680. The van der Waals surface area contributed by atoms with E-state index in [9.17, 15) is 4.39 Å². The predicted molar refractivity (Wildman–Crippen MR) is 40.1 cm³/mol. The van der Waals surface area contributed by atoms with E-state index < -0.39 is 0 Å². The second kappa shape index (κ2) is 2.47. The molecule has 1 fully saturated rings. The third-order valence-corrected chi connectivity index (χ3v) is 1.81. The van der Waals surface area contributed by atoms with Crippen LogP contribution < -0.4 is 0 Å². The molecule has 1 saturated heterocycles. The Hall–Kier alpha value is -0.600. The Morgan fingerprint density at radius 1 is 1.45 bits per heavy atom. The Morgan fingerprint density at radius 2 is 2.18 bits per heavy atom. The van der Waals surface area contributed by atoms with Crippen molar-refractivity contribution in [2.24, 2.45) is 0 Å². The van der Waals surface area contributed by atoms with Crippen molar-refractivity contribution in [1.82, 2.24) is 0 Å². The first-order chi connectivity index (χ1) is 5.25. The Labute approximate surface area is 68.7 Å². The lowest BCUT2D eigenvalue weighted by Crippen LogP contribution is -1.82. The molecule has 1 aromatic rings. The van der Waals surface area contributed by atoms with Crippen molar-refractivity contribution in [3.05, 3.63) is 34.6 Å². The second-order valence-electron chi connectivity index (χ2n) is 2.52. The van der Waals surface area contributed by atoms with Gasteiger partial charge in [-0.1, -0.05) is 11.6 Å². The quantitative estimate of drug-likeness (QED) is 0.593. The van der Waals surface area contributed by atoms with Crippen LogP contribution in [0.15, 0.2) is 18.2 Å². The van der Waals surface area contributed by atoms with Crippen molar-refractivity contribution in [3.8, 4) is 0 Å². The Balaban J connectivity index is 2.39. The number of ether oxygens (including phenoxy) is 1. The highest BCUT2D eigenvalue weighted by Crippen LogP contribution is 2.31. The van der Waals surface area contributed by atoms with Crippen LogP contribution in [0.3, 0.4) is 0 Å². The summed E-state index contributed by atoms with van der Waals surface area (Å²) in [6.07, 6.45) is 0.0724. The molecule has 11 heavy (non-hydrogen) atoms. The van der Waals surface area contributed by atoms with E-state index in [1.165, 1.54) is 12.1 Å². The molecule has 0 N–H and O–H groups in total. The summed E-state index contributed by atoms with van der Waals surface area (Å²) in [5, 5.41) is 0.426. The van der Waals surface area contributed by atoms with Crippen LogP contribution in [0.5, 0.6) is 0 Å². The number of benzene rings is 1. The zero-order chi connectivity index (χ0) is 7.84. The van der Waals surface area contributed by atoms with Gasteiger partial charge in [-0.3, -0.25) is 0 Å². The second-order valence-corrected chi connectivity index (χ2v) is 2.96. The van der Waals surface area contributed by atoms with Crippen LogP contribution in [-0.2, 0) is 4.74 Å². The summed E-state index contributed by atoms with van der Waals surface area (Å²) in [7, 11) is 0. The zero-order valence-corrected chi connectivity index (χ0v) is 6.44. The molecule has 0 aliphatic carbocycles. The van der Waals surface area contributed by atoms with Gasteiger partial charge in [0, 0.05) is 5.02 Å². The highest BCUT2D eigenvalue weighted by molar-refractivity contribution is 6.30. The summed E-state index contributed by atoms with van der Waals surface area (Å²) >= 11 is 5.63. The average Bonchev–Trinajstić information content (AvgIpc) is 2.64. The topological polar surface area (TPSA) is 12.5 Å². The number of halogens is 2. The summed E-state index contributed by atoms with van der Waals surface area (Å²) in [5.41, 5.74) is 0.829. The van der Waals surface area contributed by atoms with Gasteiger partial charge in [0.15, 0.2) is 0 Å². The van der Waals surface area contributed by atoms with Crippen molar-refractivity contribution >= 4 is 11.6 Å². The lowest BCUT2D eigenvalue weighted by atomic mass is 10.2. The van der Waals surface area contributed by atoms with Crippen molar-refractivity contribution in [2.75, 3.05) is 6.61 Å². The van der Waals surface area contributed by atoms with E-state index in [1.807, 2.05) is 0 Å². The number of rotatable bonds is 1. The fourth-order valence-corrected chi connectivity index (χ4v) is 1.23. The lowest BCUT2D eigenvalue weighted by Gasteiger charge is -1.96. The molecule has 0 spiro atoms. The molecule has 1 nitrogen and oxygen atoms in total. The number of epoxide rings is 1. The van der Waals surface area contributed by atoms with Gasteiger partial charge in [-0.25, -0.2) is 4.39 Å². The Bertz CT molecular complexity index is 263. The van der Waals surface area contributed by atoms with Gasteiger partial charge in [0.25, 0.3) is 0 Å². The molecular weight excluding hydrogens is 167 g/mol. The molecule has 0 amide bonds. The summed E-state index contributed by atoms with van der Waals surface area (Å²) < 4.78 is 17.7. The molecule has 0 unspecified atom stereocenters. The van der Waals surface area contributed by atoms with Crippen molar-refractivity contribution in [3.63, 3.8) is 0 Å². The molecule has 58 valence electrons. The maximum atomic E-state index is 12.7. The molecule has 1 aliphatic heterocycles. The van der Waals surface area contributed by atoms with Gasteiger partial charge >= 0.3 is 0 Å². The maximum absolute atomic E-state index is 12.7. The smallest absolute Gasteiger partial charge is 0.125 e. The molecule has 0 radical (unpaired) electrons. The van der Waals surface area contributed by atoms with Crippen LogP contribution in [0.2, 0.25) is 5.02 Å². The third kappa shape index (κ3) is 1.52. The molecule has 3 heteroatoms. The van der Waals surface area contributed by atoms with E-state index in [1.54, 1.807) is 6.07 Å². The van der Waals surface area contributed by atoms with Gasteiger partial charge in [0.1, 0.15) is 11.9 Å². The van der Waals surface area contributed by atoms with Crippen LogP contribution >= 0.6 is 11.6 Å². The molecule has 1 atom stereocenters. The van der Waals surface area contributed by atoms with E-state index in [0.717, 1.165) is 5.56 Å². The molecule has 0 aromatic heterocycles. The average molecular weight is 173 g/mol. The SMILES string of the molecule is Fc1cc(Cl)cc([C@@H]2CO2)c1. The standard InChI is InChI=1S/C8H6ClFO/c9-6-1-5(8-4-11-8)2-7(10)3-6/h1-3,8H,4H2/t8-/m0/s1. The van der Waals surface area contributed by atoms with Gasteiger partial charge < -0.3 is 4.74 Å². The van der Waals surface area contributed by atoms with Gasteiger partial charge in [-0.15, -0.1) is 0 Å². The molecule has 0 saturated carbocycles. The first-order valence-electron chi connectivity index (χ1n) is 3.33. The monoisotopic (exact) mass is 172 g/mol. The highest BCUT2D eigenvalue weighted by atomic mass is 35.5. The largest absolute Gasteiger partial charge is 0.368 e. The molecule has 2 rings (SSSR count). The van der Waals surface area contributed by atoms with Crippen molar-refractivity contribution in [2.45, 2.75) is 6.10 Å². The third-order valence-electron chi connectivity index (χ3n) is 1.59. The van der Waals surface area contributed by atoms with Crippen LogP contribution in [0.1, 0.15) is 11.7 Å². The maximum Gasteiger partial charge on any atom is 0.125 e. The normalized spacial score (nSPS) is 21.8. The van der Waals surface area contributed by atoms with Gasteiger partial charge in [0.05, 0.1) is 6.61 Å². The summed E-state index contributed by atoms with van der Waals surface area (Å²) in [6, 6.07) is 4.46. The van der Waals surface area contributed by atoms with Crippen LogP contribution in [-0.4, -0.2) is 6.61 Å². The minimum atomic E-state index is -0.303.